The maximum Gasteiger partial charge on any atom is 0.335 e. The van der Waals surface area contributed by atoms with Crippen LogP contribution in [0.3, 0.4) is 0 Å². The molecule has 27 heavy (non-hydrogen) atoms. The molecule has 0 saturated carbocycles. The van der Waals surface area contributed by atoms with Crippen LogP contribution in [0.15, 0.2) is 36.5 Å². The van der Waals surface area contributed by atoms with Gasteiger partial charge in [-0.3, -0.25) is 9.48 Å². The predicted molar refractivity (Wildman–Crippen MR) is 95.0 cm³/mol. The zero-order valence-electron chi connectivity index (χ0n) is 14.7. The van der Waals surface area contributed by atoms with Crippen molar-refractivity contribution >= 4 is 12.4 Å². The van der Waals surface area contributed by atoms with Gasteiger partial charge in [-0.25, -0.2) is 14.5 Å². The van der Waals surface area contributed by atoms with E-state index in [1.807, 2.05) is 28.6 Å². The number of carboxylic acids is 1. The molecule has 0 saturated heterocycles. The maximum atomic E-state index is 11.0. The minimum absolute atomic E-state index is 0.250. The van der Waals surface area contributed by atoms with Gasteiger partial charge in [0.1, 0.15) is 11.6 Å². The van der Waals surface area contributed by atoms with E-state index in [9.17, 15) is 4.79 Å². The fourth-order valence-electron chi connectivity index (χ4n) is 3.22. The van der Waals surface area contributed by atoms with Crippen molar-refractivity contribution in [3.05, 3.63) is 59.4 Å². The number of carboxylic acid groups (broad SMARTS) is 2. The summed E-state index contributed by atoms with van der Waals surface area (Å²) >= 11 is 0. The SMILES string of the molecule is Cc1nc(C2CCn3nccc3C2)n(-c2ccc(C(=O)O)cc2)n1.O=CO. The molecule has 2 N–H and O–H groups in total. The van der Waals surface area contributed by atoms with Crippen LogP contribution in [-0.2, 0) is 17.8 Å². The maximum absolute atomic E-state index is 11.0. The van der Waals surface area contributed by atoms with Gasteiger partial charge in [-0.15, -0.1) is 0 Å². The van der Waals surface area contributed by atoms with Gasteiger partial charge in [-0.05, 0) is 50.1 Å². The average molecular weight is 369 g/mol. The van der Waals surface area contributed by atoms with Crippen molar-refractivity contribution in [2.75, 3.05) is 0 Å². The van der Waals surface area contributed by atoms with Crippen LogP contribution in [-0.4, -0.2) is 47.2 Å². The lowest BCUT2D eigenvalue weighted by Crippen LogP contribution is -2.21. The normalized spacial score (nSPS) is 15.4. The summed E-state index contributed by atoms with van der Waals surface area (Å²) in [5.41, 5.74) is 2.30. The van der Waals surface area contributed by atoms with E-state index in [0.29, 0.717) is 5.82 Å². The van der Waals surface area contributed by atoms with Crippen LogP contribution in [0.4, 0.5) is 0 Å². The molecule has 0 spiro atoms. The lowest BCUT2D eigenvalue weighted by Gasteiger charge is -2.23. The lowest BCUT2D eigenvalue weighted by atomic mass is 9.95. The van der Waals surface area contributed by atoms with Crippen molar-refractivity contribution < 1.29 is 19.8 Å². The highest BCUT2D eigenvalue weighted by Crippen LogP contribution is 2.29. The van der Waals surface area contributed by atoms with Crippen molar-refractivity contribution in [1.29, 1.82) is 0 Å². The van der Waals surface area contributed by atoms with Crippen molar-refractivity contribution in [3.8, 4) is 5.69 Å². The topological polar surface area (TPSA) is 123 Å². The number of nitrogens with zero attached hydrogens (tertiary/aromatic N) is 5. The summed E-state index contributed by atoms with van der Waals surface area (Å²) in [6.07, 6.45) is 3.67. The van der Waals surface area contributed by atoms with Crippen LogP contribution in [0, 0.1) is 6.92 Å². The molecule has 9 nitrogen and oxygen atoms in total. The molecular weight excluding hydrogens is 350 g/mol. The minimum Gasteiger partial charge on any atom is -0.483 e. The Balaban J connectivity index is 0.000000659. The Kier molecular flexibility index (Phi) is 5.30. The molecule has 1 aliphatic heterocycles. The van der Waals surface area contributed by atoms with Gasteiger partial charge in [-0.1, -0.05) is 0 Å². The number of fused-ring (bicyclic) bond motifs is 1. The van der Waals surface area contributed by atoms with E-state index in [2.05, 4.69) is 15.2 Å². The largest absolute Gasteiger partial charge is 0.483 e. The third-order valence-corrected chi connectivity index (χ3v) is 4.41. The monoisotopic (exact) mass is 369 g/mol. The van der Waals surface area contributed by atoms with E-state index in [-0.39, 0.29) is 18.0 Å². The molecule has 3 aromatic rings. The Morgan fingerprint density at radius 2 is 1.96 bits per heavy atom. The molecule has 0 amide bonds. The average Bonchev–Trinajstić information content (AvgIpc) is 3.28. The lowest BCUT2D eigenvalue weighted by molar-refractivity contribution is -0.122. The van der Waals surface area contributed by atoms with Gasteiger partial charge in [0.05, 0.1) is 11.3 Å². The number of aryl methyl sites for hydroxylation is 2. The van der Waals surface area contributed by atoms with Gasteiger partial charge in [0.25, 0.3) is 6.47 Å². The number of rotatable bonds is 3. The molecule has 3 heterocycles. The van der Waals surface area contributed by atoms with Crippen molar-refractivity contribution in [1.82, 2.24) is 24.5 Å². The first-order valence-corrected chi connectivity index (χ1v) is 8.39. The zero-order chi connectivity index (χ0) is 19.4. The molecule has 0 fully saturated rings. The summed E-state index contributed by atoms with van der Waals surface area (Å²) in [7, 11) is 0. The quantitative estimate of drug-likeness (QED) is 0.676. The summed E-state index contributed by atoms with van der Waals surface area (Å²) in [4.78, 5) is 24.0. The third kappa shape index (κ3) is 3.86. The fraction of sp³-hybridized carbons (Fsp3) is 0.278. The van der Waals surface area contributed by atoms with Gasteiger partial charge in [0.15, 0.2) is 0 Å². The number of aromatic nitrogens is 5. The van der Waals surface area contributed by atoms with Crippen LogP contribution in [0.1, 0.15) is 40.0 Å². The highest BCUT2D eigenvalue weighted by molar-refractivity contribution is 5.87. The summed E-state index contributed by atoms with van der Waals surface area (Å²) in [5.74, 6) is 0.973. The summed E-state index contributed by atoms with van der Waals surface area (Å²) in [6, 6.07) is 8.77. The molecule has 9 heteroatoms. The Bertz CT molecular complexity index is 945. The second kappa shape index (κ2) is 7.81. The van der Waals surface area contributed by atoms with Gasteiger partial charge in [-0.2, -0.15) is 10.2 Å². The smallest absolute Gasteiger partial charge is 0.335 e. The van der Waals surface area contributed by atoms with Crippen LogP contribution >= 0.6 is 0 Å². The molecule has 0 bridgehead atoms. The minimum atomic E-state index is -0.933. The van der Waals surface area contributed by atoms with Crippen LogP contribution in [0.5, 0.6) is 0 Å². The molecule has 140 valence electrons. The van der Waals surface area contributed by atoms with Crippen molar-refractivity contribution in [3.63, 3.8) is 0 Å². The second-order valence-electron chi connectivity index (χ2n) is 6.12. The number of hydrogen-bond acceptors (Lipinski definition) is 5. The second-order valence-corrected chi connectivity index (χ2v) is 6.12. The molecule has 1 atom stereocenters. The van der Waals surface area contributed by atoms with Crippen molar-refractivity contribution in [2.45, 2.75) is 32.2 Å². The fourth-order valence-corrected chi connectivity index (χ4v) is 3.22. The highest BCUT2D eigenvalue weighted by Gasteiger charge is 2.25. The molecule has 0 radical (unpaired) electrons. The van der Waals surface area contributed by atoms with E-state index in [1.54, 1.807) is 24.3 Å². The first-order chi connectivity index (χ1) is 13.0. The summed E-state index contributed by atoms with van der Waals surface area (Å²) in [5, 5.41) is 24.8. The molecule has 1 aromatic carbocycles. The first kappa shape index (κ1) is 18.3. The molecule has 4 rings (SSSR count). The Labute approximate surface area is 154 Å². The van der Waals surface area contributed by atoms with Crippen LogP contribution in [0.2, 0.25) is 0 Å². The summed E-state index contributed by atoms with van der Waals surface area (Å²) < 4.78 is 3.86. The van der Waals surface area contributed by atoms with Crippen LogP contribution in [0.25, 0.3) is 5.69 Å². The molecule has 2 aromatic heterocycles. The highest BCUT2D eigenvalue weighted by atomic mass is 16.4. The van der Waals surface area contributed by atoms with Gasteiger partial charge >= 0.3 is 5.97 Å². The number of hydrogen-bond donors (Lipinski definition) is 2. The number of benzene rings is 1. The van der Waals surface area contributed by atoms with Crippen LogP contribution < -0.4 is 0 Å². The molecule has 0 aliphatic carbocycles. The zero-order valence-corrected chi connectivity index (χ0v) is 14.7. The van der Waals surface area contributed by atoms with E-state index in [1.165, 1.54) is 5.69 Å². The first-order valence-electron chi connectivity index (χ1n) is 8.39. The van der Waals surface area contributed by atoms with Crippen molar-refractivity contribution in [2.24, 2.45) is 0 Å². The van der Waals surface area contributed by atoms with E-state index in [0.717, 1.165) is 30.9 Å². The molecular formula is C18H19N5O4. The van der Waals surface area contributed by atoms with Gasteiger partial charge in [0.2, 0.25) is 0 Å². The Morgan fingerprint density at radius 1 is 1.26 bits per heavy atom. The number of aromatic carboxylic acids is 1. The number of carbonyl (C=O) groups is 2. The van der Waals surface area contributed by atoms with E-state index < -0.39 is 5.97 Å². The standard InChI is InChI=1S/C17H17N5O2.CH2O2/c1-11-19-16(13-7-9-21-15(10-13)6-8-18-21)22(20-11)14-4-2-12(3-5-14)17(23)24;2-1-3/h2-6,8,13H,7,9-10H2,1H3,(H,23,24);1H,(H,2,3). The summed E-state index contributed by atoms with van der Waals surface area (Å²) in [6.45, 7) is 2.50. The van der Waals surface area contributed by atoms with E-state index in [4.69, 9.17) is 15.0 Å². The Hall–Kier alpha value is -3.49. The van der Waals surface area contributed by atoms with Gasteiger partial charge in [0, 0.05) is 24.4 Å². The predicted octanol–water partition coefficient (Wildman–Crippen LogP) is 1.90. The van der Waals surface area contributed by atoms with Gasteiger partial charge < -0.3 is 10.2 Å². The third-order valence-electron chi connectivity index (χ3n) is 4.41. The van der Waals surface area contributed by atoms with E-state index >= 15 is 0 Å². The Morgan fingerprint density at radius 3 is 2.63 bits per heavy atom. The molecule has 1 aliphatic rings. The molecule has 1 unspecified atom stereocenters.